The maximum atomic E-state index is 3.62. The van der Waals surface area contributed by atoms with E-state index in [1.807, 2.05) is 0 Å². The minimum absolute atomic E-state index is 0. The lowest BCUT2D eigenvalue weighted by molar-refractivity contribution is 0.548. The smallest absolute Gasteiger partial charge is 0.0137 e. The quantitative estimate of drug-likeness (QED) is 0.177. The first-order valence-corrected chi connectivity index (χ1v) is 11.2. The van der Waals surface area contributed by atoms with Crippen LogP contribution in [0.5, 0.6) is 0 Å². The number of unbranched alkanes of at least 4 members (excludes halogenated alkanes) is 11. The van der Waals surface area contributed by atoms with E-state index < -0.39 is 0 Å². The molecule has 0 unspecified atom stereocenters. The molecule has 0 rings (SSSR count). The molecule has 152 valence electrons. The first-order chi connectivity index (χ1) is 11.8. The third-order valence-electron chi connectivity index (χ3n) is 4.95. The van der Waals surface area contributed by atoms with Crippen LogP contribution >= 0.6 is 12.4 Å². The van der Waals surface area contributed by atoms with Crippen molar-refractivity contribution in [3.05, 3.63) is 11.6 Å². The SMILES string of the molecule is CCCCCCCCCCCCNCC=C(CCCC)CCCC.Cl. The van der Waals surface area contributed by atoms with Crippen LogP contribution in [0.15, 0.2) is 11.6 Å². The van der Waals surface area contributed by atoms with E-state index in [0.29, 0.717) is 0 Å². The van der Waals surface area contributed by atoms with Crippen molar-refractivity contribution >= 4 is 12.4 Å². The lowest BCUT2D eigenvalue weighted by Crippen LogP contribution is -2.15. The van der Waals surface area contributed by atoms with Crippen molar-refractivity contribution in [3.63, 3.8) is 0 Å². The molecular weight excluding hydrogens is 326 g/mol. The number of rotatable bonds is 19. The normalized spacial score (nSPS) is 10.5. The van der Waals surface area contributed by atoms with Crippen LogP contribution in [-0.2, 0) is 0 Å². The maximum absolute atomic E-state index is 3.62. The van der Waals surface area contributed by atoms with Gasteiger partial charge in [0.1, 0.15) is 0 Å². The molecule has 0 aromatic heterocycles. The molecule has 2 heteroatoms. The third kappa shape index (κ3) is 21.9. The number of hydrogen-bond acceptors (Lipinski definition) is 1. The van der Waals surface area contributed by atoms with Crippen LogP contribution in [0.25, 0.3) is 0 Å². The van der Waals surface area contributed by atoms with E-state index in [4.69, 9.17) is 0 Å². The van der Waals surface area contributed by atoms with Crippen molar-refractivity contribution in [2.24, 2.45) is 0 Å². The highest BCUT2D eigenvalue weighted by Gasteiger charge is 1.97. The van der Waals surface area contributed by atoms with Gasteiger partial charge < -0.3 is 5.32 Å². The minimum atomic E-state index is 0. The van der Waals surface area contributed by atoms with Crippen LogP contribution in [0.3, 0.4) is 0 Å². The molecule has 0 bridgehead atoms. The van der Waals surface area contributed by atoms with Gasteiger partial charge in [-0.3, -0.25) is 0 Å². The summed E-state index contributed by atoms with van der Waals surface area (Å²) in [6, 6.07) is 0. The predicted molar refractivity (Wildman–Crippen MR) is 119 cm³/mol. The molecule has 0 aliphatic heterocycles. The second kappa shape index (κ2) is 24.0. The Morgan fingerprint density at radius 3 is 1.52 bits per heavy atom. The Morgan fingerprint density at radius 2 is 1.04 bits per heavy atom. The van der Waals surface area contributed by atoms with Gasteiger partial charge in [0.2, 0.25) is 0 Å². The summed E-state index contributed by atoms with van der Waals surface area (Å²) in [5.41, 5.74) is 1.69. The first-order valence-electron chi connectivity index (χ1n) is 11.2. The molecule has 25 heavy (non-hydrogen) atoms. The highest BCUT2D eigenvalue weighted by atomic mass is 35.5. The highest BCUT2D eigenvalue weighted by molar-refractivity contribution is 5.85. The molecule has 0 aliphatic carbocycles. The van der Waals surface area contributed by atoms with Gasteiger partial charge in [-0.1, -0.05) is 103 Å². The van der Waals surface area contributed by atoms with Crippen LogP contribution in [0, 0.1) is 0 Å². The monoisotopic (exact) mass is 373 g/mol. The van der Waals surface area contributed by atoms with Crippen LogP contribution in [0.2, 0.25) is 0 Å². The largest absolute Gasteiger partial charge is 0.313 e. The van der Waals surface area contributed by atoms with Crippen molar-refractivity contribution in [1.29, 1.82) is 0 Å². The van der Waals surface area contributed by atoms with E-state index in [1.165, 1.54) is 109 Å². The molecule has 0 heterocycles. The van der Waals surface area contributed by atoms with E-state index in [-0.39, 0.29) is 12.4 Å². The van der Waals surface area contributed by atoms with Crippen LogP contribution in [0.4, 0.5) is 0 Å². The van der Waals surface area contributed by atoms with Gasteiger partial charge in [0, 0.05) is 6.54 Å². The predicted octanol–water partition coefficient (Wildman–Crippen LogP) is 8.23. The lowest BCUT2D eigenvalue weighted by atomic mass is 10.0. The number of nitrogens with one attached hydrogen (secondary N) is 1. The fourth-order valence-electron chi connectivity index (χ4n) is 3.19. The van der Waals surface area contributed by atoms with Gasteiger partial charge in [-0.2, -0.15) is 0 Å². The molecule has 0 aliphatic rings. The Hall–Kier alpha value is -0.0100. The average Bonchev–Trinajstić information content (AvgIpc) is 2.60. The van der Waals surface area contributed by atoms with Crippen LogP contribution in [-0.4, -0.2) is 13.1 Å². The van der Waals surface area contributed by atoms with Crippen molar-refractivity contribution in [3.8, 4) is 0 Å². The molecule has 1 nitrogen and oxygen atoms in total. The Bertz CT molecular complexity index is 253. The Labute approximate surface area is 166 Å². The van der Waals surface area contributed by atoms with Gasteiger partial charge in [0.05, 0.1) is 0 Å². The summed E-state index contributed by atoms with van der Waals surface area (Å²) < 4.78 is 0. The van der Waals surface area contributed by atoms with E-state index in [2.05, 4.69) is 32.2 Å². The zero-order valence-corrected chi connectivity index (χ0v) is 18.5. The zero-order valence-electron chi connectivity index (χ0n) is 17.7. The summed E-state index contributed by atoms with van der Waals surface area (Å²) in [6.45, 7) is 9.16. The number of hydrogen-bond donors (Lipinski definition) is 1. The van der Waals surface area contributed by atoms with Crippen molar-refractivity contribution in [2.45, 2.75) is 124 Å². The van der Waals surface area contributed by atoms with E-state index in [0.717, 1.165) is 6.54 Å². The van der Waals surface area contributed by atoms with E-state index in [9.17, 15) is 0 Å². The number of halogens is 1. The Balaban J connectivity index is 0. The molecule has 0 aromatic carbocycles. The molecule has 0 radical (unpaired) electrons. The second-order valence-corrected chi connectivity index (χ2v) is 7.46. The van der Waals surface area contributed by atoms with Crippen LogP contribution in [0.1, 0.15) is 124 Å². The van der Waals surface area contributed by atoms with Gasteiger partial charge in [0.25, 0.3) is 0 Å². The molecule has 0 atom stereocenters. The minimum Gasteiger partial charge on any atom is -0.313 e. The molecule has 0 saturated heterocycles. The molecule has 0 saturated carbocycles. The second-order valence-electron chi connectivity index (χ2n) is 7.46. The topological polar surface area (TPSA) is 12.0 Å². The van der Waals surface area contributed by atoms with Gasteiger partial charge in [0.15, 0.2) is 0 Å². The summed E-state index contributed by atoms with van der Waals surface area (Å²) in [5.74, 6) is 0. The summed E-state index contributed by atoms with van der Waals surface area (Å²) in [5, 5.41) is 3.62. The van der Waals surface area contributed by atoms with E-state index >= 15 is 0 Å². The number of allylic oxidation sites excluding steroid dienone is 1. The lowest BCUT2D eigenvalue weighted by Gasteiger charge is -2.07. The van der Waals surface area contributed by atoms with Crippen molar-refractivity contribution < 1.29 is 0 Å². The van der Waals surface area contributed by atoms with Gasteiger partial charge in [-0.15, -0.1) is 12.4 Å². The molecule has 1 N–H and O–H groups in total. The standard InChI is InChI=1S/C23H47N.ClH/c1-4-7-10-11-12-13-14-15-16-17-21-24-22-20-23(18-8-5-2)19-9-6-3;/h20,24H,4-19,21-22H2,1-3H3;1H. The maximum Gasteiger partial charge on any atom is 0.0137 e. The Kier molecular flexibility index (Phi) is 26.1. The fraction of sp³-hybridized carbons (Fsp3) is 0.913. The van der Waals surface area contributed by atoms with Gasteiger partial charge in [-0.25, -0.2) is 0 Å². The molecular formula is C23H48ClN. The summed E-state index contributed by atoms with van der Waals surface area (Å²) in [6.07, 6.45) is 24.7. The Morgan fingerprint density at radius 1 is 0.600 bits per heavy atom. The van der Waals surface area contributed by atoms with Gasteiger partial charge in [-0.05, 0) is 38.6 Å². The highest BCUT2D eigenvalue weighted by Crippen LogP contribution is 2.14. The summed E-state index contributed by atoms with van der Waals surface area (Å²) >= 11 is 0. The first kappa shape index (κ1) is 27.2. The molecule has 0 fully saturated rings. The molecule has 0 aromatic rings. The third-order valence-corrected chi connectivity index (χ3v) is 4.95. The molecule has 0 amide bonds. The fourth-order valence-corrected chi connectivity index (χ4v) is 3.19. The molecule has 0 spiro atoms. The summed E-state index contributed by atoms with van der Waals surface area (Å²) in [7, 11) is 0. The average molecular weight is 374 g/mol. The van der Waals surface area contributed by atoms with Crippen molar-refractivity contribution in [1.82, 2.24) is 5.32 Å². The summed E-state index contributed by atoms with van der Waals surface area (Å²) in [4.78, 5) is 0. The van der Waals surface area contributed by atoms with E-state index in [1.54, 1.807) is 5.57 Å². The van der Waals surface area contributed by atoms with Gasteiger partial charge >= 0.3 is 0 Å². The van der Waals surface area contributed by atoms with Crippen molar-refractivity contribution in [2.75, 3.05) is 13.1 Å². The zero-order chi connectivity index (χ0) is 17.7. The van der Waals surface area contributed by atoms with Crippen LogP contribution < -0.4 is 5.32 Å².